The largest absolute Gasteiger partial charge is 0.493 e. The van der Waals surface area contributed by atoms with E-state index in [9.17, 15) is 4.79 Å². The highest BCUT2D eigenvalue weighted by Crippen LogP contribution is 2.28. The van der Waals surface area contributed by atoms with Crippen molar-refractivity contribution in [2.75, 3.05) is 21.3 Å². The van der Waals surface area contributed by atoms with Gasteiger partial charge >= 0.3 is 0 Å². The molecule has 27 heavy (non-hydrogen) atoms. The van der Waals surface area contributed by atoms with Crippen molar-refractivity contribution in [1.29, 1.82) is 0 Å². The van der Waals surface area contributed by atoms with Crippen molar-refractivity contribution in [3.05, 3.63) is 53.1 Å². The Bertz CT molecular complexity index is 788. The summed E-state index contributed by atoms with van der Waals surface area (Å²) in [5.41, 5.74) is 3.31. The van der Waals surface area contributed by atoms with Gasteiger partial charge in [0.2, 0.25) is 0 Å². The normalized spacial score (nSPS) is 11.6. The molecule has 0 saturated carbocycles. The fraction of sp³-hybridized carbons (Fsp3) is 0.409. The molecule has 2 aromatic rings. The number of carbonyl (C=O) groups excluding carboxylic acids is 1. The number of nitrogens with zero attached hydrogens (tertiary/aromatic N) is 1. The van der Waals surface area contributed by atoms with Gasteiger partial charge in [-0.1, -0.05) is 19.1 Å². The lowest BCUT2D eigenvalue weighted by atomic mass is 10.1. The van der Waals surface area contributed by atoms with Crippen molar-refractivity contribution in [1.82, 2.24) is 4.90 Å². The molecular formula is C22H29NO4. The van der Waals surface area contributed by atoms with Crippen LogP contribution in [0.4, 0.5) is 0 Å². The molecule has 0 heterocycles. The Morgan fingerprint density at radius 1 is 1.00 bits per heavy atom. The molecule has 0 spiro atoms. The van der Waals surface area contributed by atoms with E-state index in [1.807, 2.05) is 50.2 Å². The smallest absolute Gasteiger partial charge is 0.263 e. The Kier molecular flexibility index (Phi) is 7.11. The molecule has 0 aromatic heterocycles. The molecular weight excluding hydrogens is 342 g/mol. The van der Waals surface area contributed by atoms with Crippen LogP contribution in [-0.4, -0.2) is 38.2 Å². The van der Waals surface area contributed by atoms with Crippen molar-refractivity contribution in [2.24, 2.45) is 0 Å². The second-order valence-corrected chi connectivity index (χ2v) is 6.64. The fourth-order valence-corrected chi connectivity index (χ4v) is 2.84. The zero-order valence-corrected chi connectivity index (χ0v) is 17.0. The summed E-state index contributed by atoms with van der Waals surface area (Å²) in [6.07, 6.45) is 0.0828. The third-order valence-electron chi connectivity index (χ3n) is 4.65. The van der Waals surface area contributed by atoms with E-state index in [0.717, 1.165) is 16.9 Å². The first-order chi connectivity index (χ1) is 12.9. The molecule has 1 atom stereocenters. The first kappa shape index (κ1) is 20.6. The van der Waals surface area contributed by atoms with E-state index in [-0.39, 0.29) is 5.91 Å². The lowest BCUT2D eigenvalue weighted by molar-refractivity contribution is -0.138. The average Bonchev–Trinajstić information content (AvgIpc) is 2.68. The van der Waals surface area contributed by atoms with Crippen molar-refractivity contribution in [3.8, 4) is 17.2 Å². The van der Waals surface area contributed by atoms with Crippen LogP contribution in [0.15, 0.2) is 36.4 Å². The second-order valence-electron chi connectivity index (χ2n) is 6.64. The van der Waals surface area contributed by atoms with Crippen molar-refractivity contribution < 1.29 is 19.0 Å². The topological polar surface area (TPSA) is 48.0 Å². The minimum Gasteiger partial charge on any atom is -0.493 e. The summed E-state index contributed by atoms with van der Waals surface area (Å²) >= 11 is 0. The van der Waals surface area contributed by atoms with Crippen LogP contribution in [0.3, 0.4) is 0 Å². The minimum absolute atomic E-state index is 0.0505. The highest BCUT2D eigenvalue weighted by molar-refractivity contribution is 5.81. The summed E-state index contributed by atoms with van der Waals surface area (Å²) in [6, 6.07) is 11.5. The molecule has 1 amide bonds. The number of benzene rings is 2. The van der Waals surface area contributed by atoms with Crippen LogP contribution in [-0.2, 0) is 11.3 Å². The zero-order chi connectivity index (χ0) is 20.0. The van der Waals surface area contributed by atoms with E-state index in [1.54, 1.807) is 26.2 Å². The van der Waals surface area contributed by atoms with Gasteiger partial charge in [-0.3, -0.25) is 4.79 Å². The molecule has 1 unspecified atom stereocenters. The Hall–Kier alpha value is -2.69. The maximum atomic E-state index is 12.9. The van der Waals surface area contributed by atoms with Gasteiger partial charge in [0.25, 0.3) is 5.91 Å². The quantitative estimate of drug-likeness (QED) is 0.700. The van der Waals surface area contributed by atoms with E-state index in [2.05, 4.69) is 6.92 Å². The van der Waals surface area contributed by atoms with E-state index < -0.39 is 6.10 Å². The molecule has 0 fully saturated rings. The van der Waals surface area contributed by atoms with Gasteiger partial charge in [0.15, 0.2) is 17.6 Å². The molecule has 0 aliphatic carbocycles. The first-order valence-electron chi connectivity index (χ1n) is 9.09. The summed E-state index contributed by atoms with van der Waals surface area (Å²) < 4.78 is 16.6. The number of amides is 1. The van der Waals surface area contributed by atoms with E-state index >= 15 is 0 Å². The van der Waals surface area contributed by atoms with Crippen LogP contribution in [0.5, 0.6) is 17.2 Å². The van der Waals surface area contributed by atoms with Crippen LogP contribution in [0.25, 0.3) is 0 Å². The van der Waals surface area contributed by atoms with Gasteiger partial charge in [-0.2, -0.15) is 0 Å². The fourth-order valence-electron chi connectivity index (χ4n) is 2.84. The molecule has 0 N–H and O–H groups in total. The zero-order valence-electron chi connectivity index (χ0n) is 17.0. The number of ether oxygens (including phenoxy) is 3. The first-order valence-corrected chi connectivity index (χ1v) is 9.09. The number of carbonyl (C=O) groups is 1. The summed E-state index contributed by atoms with van der Waals surface area (Å²) in [5.74, 6) is 1.98. The third-order valence-corrected chi connectivity index (χ3v) is 4.65. The number of likely N-dealkylation sites (N-methyl/N-ethyl adjacent to an activating group) is 1. The standard InChI is InChI=1S/C22H29NO4/c1-7-19(27-18-10-8-15(2)16(3)12-18)22(24)23(4)14-17-9-11-20(25-5)21(13-17)26-6/h8-13,19H,7,14H2,1-6H3. The van der Waals surface area contributed by atoms with Gasteiger partial charge in [0.1, 0.15) is 5.75 Å². The third kappa shape index (κ3) is 5.16. The molecule has 0 aliphatic heterocycles. The molecule has 146 valence electrons. The average molecular weight is 371 g/mol. The van der Waals surface area contributed by atoms with E-state index in [4.69, 9.17) is 14.2 Å². The Morgan fingerprint density at radius 2 is 1.70 bits per heavy atom. The van der Waals surface area contributed by atoms with Gasteiger partial charge in [0.05, 0.1) is 14.2 Å². The van der Waals surface area contributed by atoms with Crippen molar-refractivity contribution >= 4 is 5.91 Å². The maximum absolute atomic E-state index is 12.9. The van der Waals surface area contributed by atoms with Crippen LogP contribution in [0, 0.1) is 13.8 Å². The monoisotopic (exact) mass is 371 g/mol. The number of aryl methyl sites for hydroxylation is 2. The summed E-state index contributed by atoms with van der Waals surface area (Å²) in [4.78, 5) is 14.5. The number of methoxy groups -OCH3 is 2. The molecule has 0 aliphatic rings. The van der Waals surface area contributed by atoms with Crippen LogP contribution in [0.2, 0.25) is 0 Å². The number of rotatable bonds is 8. The van der Waals surface area contributed by atoms with Gasteiger partial charge in [0, 0.05) is 13.6 Å². The summed E-state index contributed by atoms with van der Waals surface area (Å²) in [6.45, 7) is 6.51. The van der Waals surface area contributed by atoms with Crippen molar-refractivity contribution in [3.63, 3.8) is 0 Å². The Morgan fingerprint density at radius 3 is 2.30 bits per heavy atom. The maximum Gasteiger partial charge on any atom is 0.263 e. The predicted octanol–water partition coefficient (Wildman–Crippen LogP) is 4.14. The van der Waals surface area contributed by atoms with Crippen LogP contribution >= 0.6 is 0 Å². The summed E-state index contributed by atoms with van der Waals surface area (Å²) in [7, 11) is 4.98. The van der Waals surface area contributed by atoms with Crippen LogP contribution in [0.1, 0.15) is 30.0 Å². The SMILES string of the molecule is CCC(Oc1ccc(C)c(C)c1)C(=O)N(C)Cc1ccc(OC)c(OC)c1. The van der Waals surface area contributed by atoms with E-state index in [1.165, 1.54) is 5.56 Å². The predicted molar refractivity (Wildman–Crippen MR) is 107 cm³/mol. The molecule has 5 nitrogen and oxygen atoms in total. The molecule has 5 heteroatoms. The number of hydrogen-bond donors (Lipinski definition) is 0. The van der Waals surface area contributed by atoms with E-state index in [0.29, 0.717) is 24.5 Å². The summed E-state index contributed by atoms with van der Waals surface area (Å²) in [5, 5.41) is 0. The molecule has 0 saturated heterocycles. The highest BCUT2D eigenvalue weighted by atomic mass is 16.5. The second kappa shape index (κ2) is 9.31. The van der Waals surface area contributed by atoms with Gasteiger partial charge < -0.3 is 19.1 Å². The molecule has 2 rings (SSSR count). The lowest BCUT2D eigenvalue weighted by Gasteiger charge is -2.24. The number of hydrogen-bond acceptors (Lipinski definition) is 4. The van der Waals surface area contributed by atoms with Gasteiger partial charge in [-0.25, -0.2) is 0 Å². The lowest BCUT2D eigenvalue weighted by Crippen LogP contribution is -2.39. The molecule has 0 radical (unpaired) electrons. The Labute approximate surface area is 161 Å². The molecule has 2 aromatic carbocycles. The molecule has 0 bridgehead atoms. The Balaban J connectivity index is 2.08. The highest BCUT2D eigenvalue weighted by Gasteiger charge is 2.23. The van der Waals surface area contributed by atoms with Gasteiger partial charge in [-0.15, -0.1) is 0 Å². The minimum atomic E-state index is -0.516. The van der Waals surface area contributed by atoms with Crippen molar-refractivity contribution in [2.45, 2.75) is 39.8 Å². The van der Waals surface area contributed by atoms with Gasteiger partial charge in [-0.05, 0) is 61.2 Å². The van der Waals surface area contributed by atoms with Crippen LogP contribution < -0.4 is 14.2 Å².